The van der Waals surface area contributed by atoms with Crippen molar-refractivity contribution >= 4 is 52.1 Å². The van der Waals surface area contributed by atoms with Gasteiger partial charge in [0.2, 0.25) is 5.43 Å². The van der Waals surface area contributed by atoms with Crippen LogP contribution in [0.4, 0.5) is 4.39 Å². The molecule has 0 saturated heterocycles. The van der Waals surface area contributed by atoms with Crippen LogP contribution in [0.1, 0.15) is 48.7 Å². The largest absolute Gasteiger partial charge is 0.870 e. The summed E-state index contributed by atoms with van der Waals surface area (Å²) in [6, 6.07) is 1.55. The second-order valence-electron chi connectivity index (χ2n) is 6.61. The van der Waals surface area contributed by atoms with Gasteiger partial charge in [0.25, 0.3) is 11.9 Å². The summed E-state index contributed by atoms with van der Waals surface area (Å²) in [7, 11) is -1.94. The molecule has 0 bridgehead atoms. The molecule has 0 aliphatic heterocycles. The summed E-state index contributed by atoms with van der Waals surface area (Å²) < 4.78 is 30.5. The Bertz CT molecular complexity index is 1080. The van der Waals surface area contributed by atoms with Crippen LogP contribution in [0.3, 0.4) is 0 Å². The highest BCUT2D eigenvalue weighted by molar-refractivity contribution is 9.10. The third-order valence-electron chi connectivity index (χ3n) is 4.34. The van der Waals surface area contributed by atoms with Gasteiger partial charge in [-0.25, -0.2) is 9.18 Å². The van der Waals surface area contributed by atoms with E-state index < -0.39 is 42.0 Å². The highest BCUT2D eigenvalue weighted by atomic mass is 79.9. The van der Waals surface area contributed by atoms with Crippen LogP contribution in [0.25, 0.3) is 10.9 Å². The van der Waals surface area contributed by atoms with E-state index in [9.17, 15) is 23.6 Å². The molecule has 0 N–H and O–H groups in total. The summed E-state index contributed by atoms with van der Waals surface area (Å²) in [4.78, 5) is 47.9. The summed E-state index contributed by atoms with van der Waals surface area (Å²) in [6.45, 7) is 3.51. The highest BCUT2D eigenvalue weighted by Crippen LogP contribution is 2.38. The summed E-state index contributed by atoms with van der Waals surface area (Å²) in [5, 5.41) is 0.0450. The number of carbonyl (C=O) groups excluding carboxylic acids is 3. The first kappa shape index (κ1) is 21.0. The van der Waals surface area contributed by atoms with E-state index in [1.807, 2.05) is 0 Å². The lowest BCUT2D eigenvalue weighted by Crippen LogP contribution is -2.35. The number of aryl methyl sites for hydroxylation is 1. The number of rotatable bonds is 5. The van der Waals surface area contributed by atoms with Crippen molar-refractivity contribution in [1.82, 2.24) is 4.57 Å². The van der Waals surface area contributed by atoms with E-state index in [4.69, 9.17) is 4.65 Å². The lowest BCUT2D eigenvalue weighted by Gasteiger charge is -2.16. The Balaban J connectivity index is 2.10. The van der Waals surface area contributed by atoms with Crippen molar-refractivity contribution in [3.63, 3.8) is 0 Å². The molecule has 0 spiro atoms. The van der Waals surface area contributed by atoms with E-state index in [0.717, 1.165) is 26.7 Å². The van der Waals surface area contributed by atoms with Gasteiger partial charge < -0.3 is 18.5 Å². The zero-order chi connectivity index (χ0) is 21.5. The van der Waals surface area contributed by atoms with Gasteiger partial charge in [0.05, 0.1) is 15.4 Å². The lowest BCUT2D eigenvalue weighted by molar-refractivity contribution is -0.139. The zero-order valence-electron chi connectivity index (χ0n) is 15.8. The Labute approximate surface area is 173 Å². The fraction of sp³-hybridized carbons (Fsp3) is 0.333. The fourth-order valence-corrected chi connectivity index (χ4v) is 3.44. The minimum atomic E-state index is -1.94. The second-order valence-corrected chi connectivity index (χ2v) is 7.47. The van der Waals surface area contributed by atoms with Gasteiger partial charge in [-0.3, -0.25) is 14.4 Å². The van der Waals surface area contributed by atoms with E-state index in [1.165, 1.54) is 19.2 Å². The normalized spacial score (nSPS) is 13.1. The number of hydrogen-bond acceptors (Lipinski definition) is 7. The average molecular weight is 468 g/mol. The average Bonchev–Trinajstić information content (AvgIpc) is 3.43. The van der Waals surface area contributed by atoms with Crippen LogP contribution in [0.2, 0.25) is 0 Å². The summed E-state index contributed by atoms with van der Waals surface area (Å²) in [5.74, 6) is -3.50. The Morgan fingerprint density at radius 1 is 1.17 bits per heavy atom. The number of nitrogens with zero attached hydrogens (tertiary/aromatic N) is 1. The number of fused-ring (bicyclic) bond motifs is 1. The molecule has 3 rings (SSSR count). The molecule has 0 radical (unpaired) electrons. The fourth-order valence-electron chi connectivity index (χ4n) is 2.92. The van der Waals surface area contributed by atoms with Crippen LogP contribution in [-0.2, 0) is 23.6 Å². The van der Waals surface area contributed by atoms with Crippen LogP contribution >= 0.6 is 15.9 Å². The van der Waals surface area contributed by atoms with Crippen molar-refractivity contribution in [2.75, 3.05) is 0 Å². The van der Waals surface area contributed by atoms with Crippen molar-refractivity contribution in [2.24, 2.45) is 0 Å². The van der Waals surface area contributed by atoms with Gasteiger partial charge in [0.1, 0.15) is 11.4 Å². The first-order chi connectivity index (χ1) is 13.6. The predicted molar refractivity (Wildman–Crippen MR) is 104 cm³/mol. The molecular weight excluding hydrogens is 452 g/mol. The Morgan fingerprint density at radius 2 is 1.76 bits per heavy atom. The monoisotopic (exact) mass is 467 g/mol. The molecule has 1 heterocycles. The molecule has 29 heavy (non-hydrogen) atoms. The molecule has 1 saturated carbocycles. The predicted octanol–water partition coefficient (Wildman–Crippen LogP) is 2.81. The van der Waals surface area contributed by atoms with Gasteiger partial charge in [-0.15, -0.1) is 0 Å². The van der Waals surface area contributed by atoms with Crippen molar-refractivity contribution in [3.05, 3.63) is 43.9 Å². The smallest absolute Gasteiger partial charge is 0.462 e. The Morgan fingerprint density at radius 3 is 2.28 bits per heavy atom. The van der Waals surface area contributed by atoms with Gasteiger partial charge in [-0.1, -0.05) is 0 Å². The van der Waals surface area contributed by atoms with Crippen LogP contribution in [0.5, 0.6) is 0 Å². The van der Waals surface area contributed by atoms with E-state index in [0.29, 0.717) is 5.52 Å². The molecule has 1 aromatic carbocycles. The quantitative estimate of drug-likeness (QED) is 0.623. The second kappa shape index (κ2) is 7.98. The summed E-state index contributed by atoms with van der Waals surface area (Å²) in [6.07, 6.45) is 3.00. The number of pyridine rings is 1. The third-order valence-corrected chi connectivity index (χ3v) is 4.92. The molecular formula is C18H16BBrFNO7. The first-order valence-electron chi connectivity index (χ1n) is 8.69. The van der Waals surface area contributed by atoms with Gasteiger partial charge >= 0.3 is 13.3 Å². The number of carbonyl (C=O) groups is 3. The molecule has 8 nitrogen and oxygen atoms in total. The topological polar surface area (TPSA) is 101 Å². The summed E-state index contributed by atoms with van der Waals surface area (Å²) in [5.41, 5.74) is -0.565. The highest BCUT2D eigenvalue weighted by Gasteiger charge is 2.36. The summed E-state index contributed by atoms with van der Waals surface area (Å²) >= 11 is 3.14. The minimum Gasteiger partial charge on any atom is -0.462 e. The number of benzene rings is 1. The number of hydrogen-bond donors (Lipinski definition) is 0. The van der Waals surface area contributed by atoms with E-state index in [1.54, 1.807) is 4.57 Å². The van der Waals surface area contributed by atoms with E-state index in [-0.39, 0.29) is 21.5 Å². The van der Waals surface area contributed by atoms with Crippen molar-refractivity contribution in [3.8, 4) is 0 Å². The van der Waals surface area contributed by atoms with E-state index >= 15 is 0 Å². The third kappa shape index (κ3) is 4.34. The maximum absolute atomic E-state index is 14.4. The van der Waals surface area contributed by atoms with Crippen LogP contribution < -0.4 is 5.43 Å². The molecule has 0 unspecified atom stereocenters. The van der Waals surface area contributed by atoms with Gasteiger partial charge in [0.15, 0.2) is 0 Å². The molecule has 0 amide bonds. The van der Waals surface area contributed by atoms with Gasteiger partial charge in [-0.2, -0.15) is 0 Å². The van der Waals surface area contributed by atoms with Gasteiger partial charge in [0, 0.05) is 26.1 Å². The van der Waals surface area contributed by atoms with Crippen LogP contribution in [0, 0.1) is 12.7 Å². The van der Waals surface area contributed by atoms with Crippen LogP contribution in [0.15, 0.2) is 21.5 Å². The van der Waals surface area contributed by atoms with Crippen LogP contribution in [-0.4, -0.2) is 29.8 Å². The SMILES string of the molecule is CC(=O)OB(OC(C)=O)OC(=O)c1cn(C2CC2)c2cc(Br)c(F)c(C)c2c1=O. The maximum atomic E-state index is 14.4. The minimum absolute atomic E-state index is 0.0450. The number of halogens is 2. The molecule has 1 aliphatic rings. The maximum Gasteiger partial charge on any atom is 0.870 e. The molecule has 152 valence electrons. The first-order valence-corrected chi connectivity index (χ1v) is 9.48. The standard InChI is InChI=1S/C18H16BBrFNO7/c1-8-15-14(6-13(20)16(8)21)22(11-4-5-11)7-12(17(15)25)18(26)29-19(27-9(2)23)28-10(3)24/h6-7,11H,4-5H2,1-3H3. The molecule has 2 aromatic rings. The lowest BCUT2D eigenvalue weighted by atomic mass is 10.1. The van der Waals surface area contributed by atoms with Crippen molar-refractivity contribution in [1.29, 1.82) is 0 Å². The van der Waals surface area contributed by atoms with E-state index in [2.05, 4.69) is 25.2 Å². The zero-order valence-corrected chi connectivity index (χ0v) is 17.4. The molecule has 0 atom stereocenters. The molecule has 1 fully saturated rings. The molecule has 1 aliphatic carbocycles. The van der Waals surface area contributed by atoms with Gasteiger partial charge in [-0.05, 0) is 47.3 Å². The number of aromatic nitrogens is 1. The Hall–Kier alpha value is -2.69. The Kier molecular flexibility index (Phi) is 5.79. The molecule has 11 heteroatoms. The molecule has 1 aromatic heterocycles. The van der Waals surface area contributed by atoms with Crippen molar-refractivity contribution < 1.29 is 32.7 Å². The van der Waals surface area contributed by atoms with Crippen molar-refractivity contribution in [2.45, 2.75) is 39.7 Å².